The molecular formula is C28H37NO4. The Morgan fingerprint density at radius 1 is 0.909 bits per heavy atom. The molecule has 2 aliphatic heterocycles. The van der Waals surface area contributed by atoms with Crippen LogP contribution in [0.25, 0.3) is 6.08 Å². The molecule has 0 N–H and O–H groups in total. The molecule has 2 atom stereocenters. The SMILES string of the molecule is COC1=CC2=C(CCN3C2=Cc2cc(OC)c(OC)cc2C3CC2CCCCC2)CC1OC. The molecule has 0 saturated heterocycles. The molecule has 1 aromatic carbocycles. The number of hydrogen-bond donors (Lipinski definition) is 0. The van der Waals surface area contributed by atoms with Crippen LogP contribution in [0.2, 0.25) is 0 Å². The van der Waals surface area contributed by atoms with Crippen LogP contribution in [0.3, 0.4) is 0 Å². The van der Waals surface area contributed by atoms with Gasteiger partial charge < -0.3 is 23.8 Å². The molecular weight excluding hydrogens is 414 g/mol. The largest absolute Gasteiger partial charge is 0.498 e. The van der Waals surface area contributed by atoms with Crippen LogP contribution in [0.15, 0.2) is 40.8 Å². The standard InChI is InChI=1S/C28H37NO4/c1-30-25-14-19-10-11-29-23(12-18-8-6-5-7-9-18)22-17-28(33-4)26(31-2)15-20(22)13-24(29)21(19)16-27(25)32-3/h13,15-18,23,25H,5-12,14H2,1-4H3. The summed E-state index contributed by atoms with van der Waals surface area (Å²) in [7, 11) is 6.96. The molecule has 1 fully saturated rings. The summed E-state index contributed by atoms with van der Waals surface area (Å²) in [5.74, 6) is 3.31. The summed E-state index contributed by atoms with van der Waals surface area (Å²) < 4.78 is 22.8. The Balaban J connectivity index is 1.60. The van der Waals surface area contributed by atoms with E-state index in [-0.39, 0.29) is 6.10 Å². The van der Waals surface area contributed by atoms with E-state index >= 15 is 0 Å². The maximum atomic E-state index is 5.73. The average molecular weight is 452 g/mol. The number of rotatable bonds is 6. The smallest absolute Gasteiger partial charge is 0.161 e. The fourth-order valence-corrected chi connectivity index (χ4v) is 6.30. The first-order valence-electron chi connectivity index (χ1n) is 12.4. The second-order valence-electron chi connectivity index (χ2n) is 9.76. The lowest BCUT2D eigenvalue weighted by Gasteiger charge is -2.46. The van der Waals surface area contributed by atoms with Crippen LogP contribution in [0.4, 0.5) is 0 Å². The number of nitrogens with zero attached hydrogens (tertiary/aromatic N) is 1. The van der Waals surface area contributed by atoms with Crippen LogP contribution in [0.5, 0.6) is 11.5 Å². The third kappa shape index (κ3) is 4.05. The van der Waals surface area contributed by atoms with Gasteiger partial charge in [-0.1, -0.05) is 37.7 Å². The minimum absolute atomic E-state index is 0.0131. The van der Waals surface area contributed by atoms with E-state index in [2.05, 4.69) is 29.2 Å². The zero-order valence-corrected chi connectivity index (χ0v) is 20.5. The molecule has 5 heteroatoms. The molecule has 2 aliphatic carbocycles. The van der Waals surface area contributed by atoms with Gasteiger partial charge in [-0.25, -0.2) is 0 Å². The van der Waals surface area contributed by atoms with Gasteiger partial charge in [0.05, 0.1) is 27.4 Å². The maximum Gasteiger partial charge on any atom is 0.161 e. The topological polar surface area (TPSA) is 40.2 Å². The summed E-state index contributed by atoms with van der Waals surface area (Å²) in [5.41, 5.74) is 6.73. The van der Waals surface area contributed by atoms with Crippen LogP contribution in [0, 0.1) is 5.92 Å². The first-order valence-corrected chi connectivity index (χ1v) is 12.4. The van der Waals surface area contributed by atoms with E-state index < -0.39 is 0 Å². The second kappa shape index (κ2) is 9.46. The molecule has 33 heavy (non-hydrogen) atoms. The summed E-state index contributed by atoms with van der Waals surface area (Å²) >= 11 is 0. The highest BCUT2D eigenvalue weighted by atomic mass is 16.5. The monoisotopic (exact) mass is 451 g/mol. The van der Waals surface area contributed by atoms with Crippen molar-refractivity contribution in [2.75, 3.05) is 35.0 Å². The highest BCUT2D eigenvalue weighted by molar-refractivity contribution is 5.70. The van der Waals surface area contributed by atoms with Crippen molar-refractivity contribution in [2.24, 2.45) is 5.92 Å². The van der Waals surface area contributed by atoms with E-state index in [1.54, 1.807) is 28.4 Å². The Morgan fingerprint density at radius 2 is 1.67 bits per heavy atom. The second-order valence-corrected chi connectivity index (χ2v) is 9.76. The molecule has 0 spiro atoms. The van der Waals surface area contributed by atoms with Crippen molar-refractivity contribution in [1.82, 2.24) is 4.90 Å². The minimum atomic E-state index is 0.0131. The fraction of sp³-hybridized carbons (Fsp3) is 0.571. The van der Waals surface area contributed by atoms with Crippen molar-refractivity contribution in [2.45, 2.75) is 63.5 Å². The van der Waals surface area contributed by atoms with Crippen LogP contribution in [-0.4, -0.2) is 46.0 Å². The molecule has 0 radical (unpaired) electrons. The van der Waals surface area contributed by atoms with E-state index in [0.29, 0.717) is 6.04 Å². The Bertz CT molecular complexity index is 986. The summed E-state index contributed by atoms with van der Waals surface area (Å²) in [6, 6.07) is 4.73. The van der Waals surface area contributed by atoms with E-state index in [1.807, 2.05) is 0 Å². The molecule has 1 saturated carbocycles. The molecule has 2 unspecified atom stereocenters. The van der Waals surface area contributed by atoms with Crippen molar-refractivity contribution in [3.63, 3.8) is 0 Å². The number of ether oxygens (including phenoxy) is 4. The van der Waals surface area contributed by atoms with Gasteiger partial charge in [-0.3, -0.25) is 0 Å². The molecule has 0 amide bonds. The molecule has 2 heterocycles. The summed E-state index contributed by atoms with van der Waals surface area (Å²) in [5, 5.41) is 0. The van der Waals surface area contributed by atoms with Gasteiger partial charge in [0, 0.05) is 31.3 Å². The fourth-order valence-electron chi connectivity index (χ4n) is 6.30. The van der Waals surface area contributed by atoms with Crippen molar-refractivity contribution >= 4 is 6.08 Å². The Hall–Kier alpha value is -2.40. The van der Waals surface area contributed by atoms with Gasteiger partial charge in [-0.15, -0.1) is 0 Å². The molecule has 1 aromatic rings. The van der Waals surface area contributed by atoms with Gasteiger partial charge in [0.2, 0.25) is 0 Å². The molecule has 0 aromatic heterocycles. The molecule has 5 nitrogen and oxygen atoms in total. The van der Waals surface area contributed by atoms with Gasteiger partial charge in [-0.2, -0.15) is 0 Å². The minimum Gasteiger partial charge on any atom is -0.498 e. The lowest BCUT2D eigenvalue weighted by atomic mass is 9.78. The molecule has 5 rings (SSSR count). The average Bonchev–Trinajstić information content (AvgIpc) is 2.87. The molecule has 178 valence electrons. The summed E-state index contributed by atoms with van der Waals surface area (Å²) in [6.45, 7) is 1.04. The van der Waals surface area contributed by atoms with E-state index in [9.17, 15) is 0 Å². The Kier molecular flexibility index (Phi) is 6.42. The van der Waals surface area contributed by atoms with Gasteiger partial charge in [-0.05, 0) is 54.2 Å². The highest BCUT2D eigenvalue weighted by Gasteiger charge is 2.38. The quantitative estimate of drug-likeness (QED) is 0.529. The zero-order valence-electron chi connectivity index (χ0n) is 20.5. The number of fused-ring (bicyclic) bond motifs is 3. The first-order chi connectivity index (χ1) is 16.2. The summed E-state index contributed by atoms with van der Waals surface area (Å²) in [4.78, 5) is 2.65. The van der Waals surface area contributed by atoms with Crippen molar-refractivity contribution in [3.8, 4) is 11.5 Å². The van der Waals surface area contributed by atoms with Crippen LogP contribution >= 0.6 is 0 Å². The molecule has 4 aliphatic rings. The number of allylic oxidation sites excluding steroid dienone is 1. The zero-order chi connectivity index (χ0) is 22.9. The van der Waals surface area contributed by atoms with Crippen LogP contribution in [0.1, 0.15) is 68.5 Å². The van der Waals surface area contributed by atoms with Gasteiger partial charge in [0.15, 0.2) is 11.5 Å². The van der Waals surface area contributed by atoms with Crippen molar-refractivity contribution in [3.05, 3.63) is 51.9 Å². The highest BCUT2D eigenvalue weighted by Crippen LogP contribution is 2.49. The lowest BCUT2D eigenvalue weighted by molar-refractivity contribution is 0.0744. The third-order valence-corrected chi connectivity index (χ3v) is 8.07. The predicted octanol–water partition coefficient (Wildman–Crippen LogP) is 6.02. The predicted molar refractivity (Wildman–Crippen MR) is 130 cm³/mol. The first kappa shape index (κ1) is 22.4. The van der Waals surface area contributed by atoms with Gasteiger partial charge >= 0.3 is 0 Å². The molecule has 0 bridgehead atoms. The maximum absolute atomic E-state index is 5.73. The van der Waals surface area contributed by atoms with Crippen molar-refractivity contribution in [1.29, 1.82) is 0 Å². The summed E-state index contributed by atoms with van der Waals surface area (Å²) in [6.07, 6.45) is 14.6. The third-order valence-electron chi connectivity index (χ3n) is 8.07. The number of methoxy groups -OCH3 is 4. The van der Waals surface area contributed by atoms with Crippen molar-refractivity contribution < 1.29 is 18.9 Å². The normalized spacial score (nSPS) is 24.9. The number of hydrogen-bond acceptors (Lipinski definition) is 5. The Labute approximate surface area is 198 Å². The van der Waals surface area contributed by atoms with Gasteiger partial charge in [0.1, 0.15) is 11.9 Å². The lowest BCUT2D eigenvalue weighted by Crippen LogP contribution is -2.38. The van der Waals surface area contributed by atoms with Crippen LogP contribution in [-0.2, 0) is 9.47 Å². The van der Waals surface area contributed by atoms with Gasteiger partial charge in [0.25, 0.3) is 0 Å². The van der Waals surface area contributed by atoms with Crippen LogP contribution < -0.4 is 9.47 Å². The van der Waals surface area contributed by atoms with E-state index in [1.165, 1.54) is 66.5 Å². The Morgan fingerprint density at radius 3 is 2.36 bits per heavy atom. The van der Waals surface area contributed by atoms with E-state index in [0.717, 1.165) is 42.6 Å². The number of benzene rings is 1. The van der Waals surface area contributed by atoms with E-state index in [4.69, 9.17) is 18.9 Å².